The number of rotatable bonds is 2. The maximum Gasteiger partial charge on any atom is 0.127 e. The molecule has 1 N–H and O–H groups in total. The molecule has 2 nitrogen and oxygen atoms in total. The summed E-state index contributed by atoms with van der Waals surface area (Å²) in [5.41, 5.74) is 0.781. The Hall–Kier alpha value is -1.58. The lowest BCUT2D eigenvalue weighted by Crippen LogP contribution is -2.39. The molecule has 2 aromatic carbocycles. The lowest BCUT2D eigenvalue weighted by atomic mass is 9.79. The van der Waals surface area contributed by atoms with E-state index in [1.54, 1.807) is 18.7 Å². The molecule has 1 aliphatic heterocycles. The van der Waals surface area contributed by atoms with Crippen LogP contribution in [0, 0.1) is 5.92 Å². The van der Waals surface area contributed by atoms with Crippen molar-refractivity contribution in [1.82, 2.24) is 0 Å². The SMILES string of the molecule is C[C@@]1(O)c2ccccc2S[C@H](c2ccccc2)[C@H]1C=O. The van der Waals surface area contributed by atoms with E-state index in [2.05, 4.69) is 0 Å². The monoisotopic (exact) mass is 284 g/mol. The number of aldehydes is 1. The van der Waals surface area contributed by atoms with Crippen LogP contribution < -0.4 is 0 Å². The van der Waals surface area contributed by atoms with Gasteiger partial charge in [-0.15, -0.1) is 11.8 Å². The molecule has 3 rings (SSSR count). The van der Waals surface area contributed by atoms with Crippen LogP contribution in [0.3, 0.4) is 0 Å². The van der Waals surface area contributed by atoms with Crippen molar-refractivity contribution in [3.63, 3.8) is 0 Å². The van der Waals surface area contributed by atoms with E-state index < -0.39 is 11.5 Å². The van der Waals surface area contributed by atoms with Crippen molar-refractivity contribution in [3.05, 3.63) is 65.7 Å². The third-order valence-corrected chi connectivity index (χ3v) is 5.37. The van der Waals surface area contributed by atoms with Gasteiger partial charge in [0.15, 0.2) is 0 Å². The Bertz CT molecular complexity index is 622. The van der Waals surface area contributed by atoms with Crippen LogP contribution in [0.4, 0.5) is 0 Å². The Kier molecular flexibility index (Phi) is 3.40. The van der Waals surface area contributed by atoms with Gasteiger partial charge in [0.2, 0.25) is 0 Å². The molecular weight excluding hydrogens is 268 g/mol. The summed E-state index contributed by atoms with van der Waals surface area (Å²) in [7, 11) is 0. The highest BCUT2D eigenvalue weighted by molar-refractivity contribution is 7.99. The van der Waals surface area contributed by atoms with Crippen LogP contribution in [-0.4, -0.2) is 11.4 Å². The van der Waals surface area contributed by atoms with Crippen molar-refractivity contribution in [1.29, 1.82) is 0 Å². The lowest BCUT2D eigenvalue weighted by molar-refractivity contribution is -0.120. The molecule has 0 radical (unpaired) electrons. The van der Waals surface area contributed by atoms with Gasteiger partial charge in [-0.05, 0) is 24.1 Å². The lowest BCUT2D eigenvalue weighted by Gasteiger charge is -2.40. The van der Waals surface area contributed by atoms with Gasteiger partial charge in [-0.1, -0.05) is 48.5 Å². The van der Waals surface area contributed by atoms with Crippen LogP contribution in [0.5, 0.6) is 0 Å². The highest BCUT2D eigenvalue weighted by Gasteiger charge is 2.45. The van der Waals surface area contributed by atoms with Crippen molar-refractivity contribution in [2.45, 2.75) is 22.7 Å². The normalized spacial score (nSPS) is 28.7. The van der Waals surface area contributed by atoms with Gasteiger partial charge >= 0.3 is 0 Å². The first-order valence-corrected chi connectivity index (χ1v) is 7.51. The molecule has 1 heterocycles. The predicted molar refractivity (Wildman–Crippen MR) is 80.6 cm³/mol. The molecule has 3 heteroatoms. The smallest absolute Gasteiger partial charge is 0.127 e. The average molecular weight is 284 g/mol. The molecule has 0 amide bonds. The molecule has 20 heavy (non-hydrogen) atoms. The summed E-state index contributed by atoms with van der Waals surface area (Å²) in [6.45, 7) is 1.74. The van der Waals surface area contributed by atoms with E-state index >= 15 is 0 Å². The standard InChI is InChI=1S/C17H16O2S/c1-17(19)13-9-5-6-10-15(13)20-16(14(17)11-18)12-7-3-2-4-8-12/h2-11,14,16,19H,1H3/t14-,16-,17-/m1/s1. The second-order valence-electron chi connectivity index (χ2n) is 5.25. The molecule has 102 valence electrons. The van der Waals surface area contributed by atoms with Gasteiger partial charge in [0.25, 0.3) is 0 Å². The molecular formula is C17H16O2S. The second-order valence-corrected chi connectivity index (χ2v) is 6.44. The zero-order valence-electron chi connectivity index (χ0n) is 11.2. The van der Waals surface area contributed by atoms with Gasteiger partial charge in [0, 0.05) is 10.1 Å². The minimum atomic E-state index is -1.13. The van der Waals surface area contributed by atoms with Gasteiger partial charge in [-0.3, -0.25) is 0 Å². The molecule has 1 aliphatic rings. The number of hydrogen-bond acceptors (Lipinski definition) is 3. The van der Waals surface area contributed by atoms with Gasteiger partial charge in [-0.2, -0.15) is 0 Å². The summed E-state index contributed by atoms with van der Waals surface area (Å²) >= 11 is 1.65. The summed E-state index contributed by atoms with van der Waals surface area (Å²) in [5.74, 6) is -0.454. The number of fused-ring (bicyclic) bond motifs is 1. The van der Waals surface area contributed by atoms with Gasteiger partial charge in [0.1, 0.15) is 6.29 Å². The number of thioether (sulfide) groups is 1. The fourth-order valence-corrected chi connectivity index (χ4v) is 4.40. The van der Waals surface area contributed by atoms with Crippen LogP contribution in [-0.2, 0) is 10.4 Å². The van der Waals surface area contributed by atoms with Gasteiger partial charge < -0.3 is 9.90 Å². The molecule has 0 saturated heterocycles. The first-order chi connectivity index (χ1) is 9.64. The van der Waals surface area contributed by atoms with Crippen molar-refractivity contribution < 1.29 is 9.90 Å². The van der Waals surface area contributed by atoms with Crippen molar-refractivity contribution in [3.8, 4) is 0 Å². The van der Waals surface area contributed by atoms with E-state index in [1.165, 1.54) is 0 Å². The second kappa shape index (κ2) is 5.08. The van der Waals surface area contributed by atoms with Crippen LogP contribution in [0.15, 0.2) is 59.5 Å². The van der Waals surface area contributed by atoms with E-state index in [-0.39, 0.29) is 5.25 Å². The molecule has 0 unspecified atom stereocenters. The Morgan fingerprint density at radius 3 is 2.45 bits per heavy atom. The predicted octanol–water partition coefficient (Wildman–Crippen LogP) is 3.56. The van der Waals surface area contributed by atoms with Gasteiger partial charge in [-0.25, -0.2) is 0 Å². The van der Waals surface area contributed by atoms with Crippen molar-refractivity contribution >= 4 is 18.0 Å². The topological polar surface area (TPSA) is 37.3 Å². The van der Waals surface area contributed by atoms with Gasteiger partial charge in [0.05, 0.1) is 11.5 Å². The molecule has 0 fully saturated rings. The van der Waals surface area contributed by atoms with Crippen LogP contribution in [0.2, 0.25) is 0 Å². The maximum atomic E-state index is 11.6. The number of carbonyl (C=O) groups is 1. The fourth-order valence-electron chi connectivity index (χ4n) is 2.79. The summed E-state index contributed by atoms with van der Waals surface area (Å²) in [5, 5.41) is 10.8. The molecule has 0 spiro atoms. The summed E-state index contributed by atoms with van der Waals surface area (Å²) in [4.78, 5) is 12.6. The molecule has 0 aromatic heterocycles. The highest BCUT2D eigenvalue weighted by atomic mass is 32.2. The molecule has 2 aromatic rings. The summed E-state index contributed by atoms with van der Waals surface area (Å²) in [6, 6.07) is 17.7. The van der Waals surface area contributed by atoms with Crippen molar-refractivity contribution in [2.75, 3.05) is 0 Å². The average Bonchev–Trinajstić information content (AvgIpc) is 2.47. The van der Waals surface area contributed by atoms with E-state index in [1.807, 2.05) is 54.6 Å². The number of hydrogen-bond donors (Lipinski definition) is 1. The first kappa shape index (κ1) is 13.4. The molecule has 0 bridgehead atoms. The minimum Gasteiger partial charge on any atom is -0.385 e. The Balaban J connectivity index is 2.12. The Morgan fingerprint density at radius 2 is 1.75 bits per heavy atom. The van der Waals surface area contributed by atoms with Crippen LogP contribution in [0.25, 0.3) is 0 Å². The number of benzene rings is 2. The van der Waals surface area contributed by atoms with Crippen LogP contribution in [0.1, 0.15) is 23.3 Å². The third-order valence-electron chi connectivity index (χ3n) is 3.94. The zero-order chi connectivity index (χ0) is 14.2. The minimum absolute atomic E-state index is 0.0569. The first-order valence-electron chi connectivity index (χ1n) is 6.63. The maximum absolute atomic E-state index is 11.6. The van der Waals surface area contributed by atoms with E-state index in [0.29, 0.717) is 0 Å². The van der Waals surface area contributed by atoms with E-state index in [0.717, 1.165) is 22.3 Å². The highest BCUT2D eigenvalue weighted by Crippen LogP contribution is 2.53. The number of carbonyl (C=O) groups excluding carboxylic acids is 1. The molecule has 0 aliphatic carbocycles. The van der Waals surface area contributed by atoms with E-state index in [4.69, 9.17) is 0 Å². The zero-order valence-corrected chi connectivity index (χ0v) is 12.0. The summed E-state index contributed by atoms with van der Waals surface area (Å²) in [6.07, 6.45) is 0.889. The van der Waals surface area contributed by atoms with Crippen LogP contribution >= 0.6 is 11.8 Å². The third kappa shape index (κ3) is 2.07. The Morgan fingerprint density at radius 1 is 1.10 bits per heavy atom. The van der Waals surface area contributed by atoms with Crippen molar-refractivity contribution in [2.24, 2.45) is 5.92 Å². The number of aliphatic hydroxyl groups is 1. The molecule has 0 saturated carbocycles. The fraction of sp³-hybridized carbons (Fsp3) is 0.235. The molecule has 3 atom stereocenters. The Labute approximate surface area is 122 Å². The quantitative estimate of drug-likeness (QED) is 0.857. The largest absolute Gasteiger partial charge is 0.385 e. The van der Waals surface area contributed by atoms with E-state index in [9.17, 15) is 9.90 Å². The summed E-state index contributed by atoms with van der Waals surface area (Å²) < 4.78 is 0.